The molecule has 1 aromatic carbocycles. The van der Waals surface area contributed by atoms with Gasteiger partial charge in [-0.15, -0.1) is 0 Å². The van der Waals surface area contributed by atoms with Crippen molar-refractivity contribution >= 4 is 0 Å². The fourth-order valence-corrected chi connectivity index (χ4v) is 1.40. The largest absolute Gasteiger partial charge is 0.490 e. The van der Waals surface area contributed by atoms with E-state index < -0.39 is 5.82 Å². The first-order valence-corrected chi connectivity index (χ1v) is 5.80. The molecule has 98 valence electrons. The van der Waals surface area contributed by atoms with Crippen molar-refractivity contribution in [3.63, 3.8) is 0 Å². The Morgan fingerprint density at radius 3 is 2.83 bits per heavy atom. The molecular weight excluding hydrogens is 233 g/mol. The van der Waals surface area contributed by atoms with Crippen molar-refractivity contribution in [2.75, 3.05) is 33.9 Å². The summed E-state index contributed by atoms with van der Waals surface area (Å²) in [7, 11) is 3.96. The van der Waals surface area contributed by atoms with Crippen molar-refractivity contribution < 1.29 is 14.2 Å². The van der Waals surface area contributed by atoms with Crippen molar-refractivity contribution in [3.05, 3.63) is 29.6 Å². The number of benzene rings is 1. The SMILES string of the molecule is CN(C)CCCOc1cc(C#CCO)ccc1F. The van der Waals surface area contributed by atoms with E-state index in [-0.39, 0.29) is 12.4 Å². The highest BCUT2D eigenvalue weighted by atomic mass is 19.1. The number of ether oxygens (including phenoxy) is 1. The van der Waals surface area contributed by atoms with Crippen LogP contribution in [-0.4, -0.2) is 43.9 Å². The normalized spacial score (nSPS) is 10.1. The fourth-order valence-electron chi connectivity index (χ4n) is 1.40. The predicted molar refractivity (Wildman–Crippen MR) is 69.0 cm³/mol. The molecule has 0 heterocycles. The van der Waals surface area contributed by atoms with Crippen molar-refractivity contribution in [2.24, 2.45) is 0 Å². The molecule has 3 nitrogen and oxygen atoms in total. The molecule has 0 saturated heterocycles. The summed E-state index contributed by atoms with van der Waals surface area (Å²) >= 11 is 0. The van der Waals surface area contributed by atoms with Gasteiger partial charge < -0.3 is 14.7 Å². The molecule has 1 aromatic rings. The van der Waals surface area contributed by atoms with Crippen LogP contribution < -0.4 is 4.74 Å². The van der Waals surface area contributed by atoms with E-state index in [2.05, 4.69) is 11.8 Å². The van der Waals surface area contributed by atoms with Gasteiger partial charge in [-0.3, -0.25) is 0 Å². The standard InChI is InChI=1S/C14H18FNO2/c1-16(2)8-4-10-18-14-11-12(5-3-9-17)6-7-13(14)15/h6-7,11,17H,4,8-10H2,1-2H3. The van der Waals surface area contributed by atoms with E-state index in [1.807, 2.05) is 19.0 Å². The van der Waals surface area contributed by atoms with E-state index in [1.54, 1.807) is 12.1 Å². The first kappa shape index (κ1) is 14.5. The van der Waals surface area contributed by atoms with E-state index in [1.165, 1.54) is 6.07 Å². The zero-order valence-corrected chi connectivity index (χ0v) is 10.7. The van der Waals surface area contributed by atoms with E-state index in [9.17, 15) is 4.39 Å². The molecule has 0 spiro atoms. The summed E-state index contributed by atoms with van der Waals surface area (Å²) in [6.45, 7) is 1.15. The van der Waals surface area contributed by atoms with Crippen molar-refractivity contribution in [1.29, 1.82) is 0 Å². The Labute approximate surface area is 107 Å². The van der Waals surface area contributed by atoms with Gasteiger partial charge in [-0.2, -0.15) is 0 Å². The highest BCUT2D eigenvalue weighted by Gasteiger charge is 2.04. The molecule has 1 rings (SSSR count). The molecule has 0 radical (unpaired) electrons. The number of rotatable bonds is 5. The second kappa shape index (κ2) is 7.70. The van der Waals surface area contributed by atoms with Crippen molar-refractivity contribution in [3.8, 4) is 17.6 Å². The summed E-state index contributed by atoms with van der Waals surface area (Å²) in [5.41, 5.74) is 0.632. The Kier molecular flexibility index (Phi) is 6.20. The molecule has 0 amide bonds. The minimum absolute atomic E-state index is 0.207. The maximum absolute atomic E-state index is 13.4. The summed E-state index contributed by atoms with van der Waals surface area (Å²) in [6.07, 6.45) is 0.832. The molecule has 0 bridgehead atoms. The predicted octanol–water partition coefficient (Wildman–Crippen LogP) is 1.50. The quantitative estimate of drug-likeness (QED) is 0.636. The van der Waals surface area contributed by atoms with Crippen LogP contribution in [-0.2, 0) is 0 Å². The van der Waals surface area contributed by atoms with E-state index in [0.717, 1.165) is 13.0 Å². The molecule has 0 aliphatic rings. The van der Waals surface area contributed by atoms with Gasteiger partial charge in [0.25, 0.3) is 0 Å². The number of hydrogen-bond acceptors (Lipinski definition) is 3. The van der Waals surface area contributed by atoms with E-state index >= 15 is 0 Å². The Morgan fingerprint density at radius 1 is 1.39 bits per heavy atom. The number of aliphatic hydroxyl groups excluding tert-OH is 1. The lowest BCUT2D eigenvalue weighted by atomic mass is 10.2. The summed E-state index contributed by atoms with van der Waals surface area (Å²) in [6, 6.07) is 4.43. The second-order valence-corrected chi connectivity index (χ2v) is 4.11. The summed E-state index contributed by atoms with van der Waals surface area (Å²) in [5.74, 6) is 5.04. The van der Waals surface area contributed by atoms with Crippen LogP contribution in [0.15, 0.2) is 18.2 Å². The highest BCUT2D eigenvalue weighted by molar-refractivity contribution is 5.40. The zero-order valence-electron chi connectivity index (χ0n) is 10.7. The van der Waals surface area contributed by atoms with Crippen LogP contribution in [0.1, 0.15) is 12.0 Å². The van der Waals surface area contributed by atoms with Crippen molar-refractivity contribution in [2.45, 2.75) is 6.42 Å². The van der Waals surface area contributed by atoms with Crippen LogP contribution in [0.25, 0.3) is 0 Å². The molecule has 0 unspecified atom stereocenters. The van der Waals surface area contributed by atoms with Crippen molar-refractivity contribution in [1.82, 2.24) is 4.90 Å². The van der Waals surface area contributed by atoms with Gasteiger partial charge in [-0.25, -0.2) is 4.39 Å². The van der Waals surface area contributed by atoms with Gasteiger partial charge in [0.15, 0.2) is 11.6 Å². The lowest BCUT2D eigenvalue weighted by Crippen LogP contribution is -2.15. The molecule has 4 heteroatoms. The van der Waals surface area contributed by atoms with Gasteiger partial charge >= 0.3 is 0 Å². The molecule has 0 aromatic heterocycles. The summed E-state index contributed by atoms with van der Waals surface area (Å²) < 4.78 is 18.8. The number of halogens is 1. The van der Waals surface area contributed by atoms with Gasteiger partial charge in [-0.1, -0.05) is 11.8 Å². The summed E-state index contributed by atoms with van der Waals surface area (Å²) in [5, 5.41) is 8.59. The Morgan fingerprint density at radius 2 is 2.17 bits per heavy atom. The number of nitrogens with zero attached hydrogens (tertiary/aromatic N) is 1. The van der Waals surface area contributed by atoms with E-state index in [4.69, 9.17) is 9.84 Å². The Hall–Kier alpha value is -1.57. The first-order chi connectivity index (χ1) is 8.63. The zero-order chi connectivity index (χ0) is 13.4. The van der Waals surface area contributed by atoms with E-state index in [0.29, 0.717) is 12.2 Å². The van der Waals surface area contributed by atoms with Gasteiger partial charge in [0, 0.05) is 12.1 Å². The molecule has 0 saturated carbocycles. The van der Waals surface area contributed by atoms with Crippen LogP contribution >= 0.6 is 0 Å². The Bertz CT molecular complexity index is 435. The van der Waals surface area contributed by atoms with Crippen LogP contribution in [0.5, 0.6) is 5.75 Å². The molecule has 0 aliphatic heterocycles. The smallest absolute Gasteiger partial charge is 0.165 e. The molecular formula is C14H18FNO2. The summed E-state index contributed by atoms with van der Waals surface area (Å²) in [4.78, 5) is 2.04. The second-order valence-electron chi connectivity index (χ2n) is 4.11. The third kappa shape index (κ3) is 5.17. The fraction of sp³-hybridized carbons (Fsp3) is 0.429. The van der Waals surface area contributed by atoms with Gasteiger partial charge in [-0.05, 0) is 38.7 Å². The monoisotopic (exact) mass is 251 g/mol. The minimum atomic E-state index is -0.394. The van der Waals surface area contributed by atoms with Crippen LogP contribution in [0.3, 0.4) is 0 Å². The maximum atomic E-state index is 13.4. The topological polar surface area (TPSA) is 32.7 Å². The average molecular weight is 251 g/mol. The first-order valence-electron chi connectivity index (χ1n) is 5.80. The van der Waals surface area contributed by atoms with Crippen LogP contribution in [0.4, 0.5) is 4.39 Å². The average Bonchev–Trinajstić information content (AvgIpc) is 2.34. The lowest BCUT2D eigenvalue weighted by Gasteiger charge is -2.11. The molecule has 1 N–H and O–H groups in total. The third-order valence-electron chi connectivity index (χ3n) is 2.25. The van der Waals surface area contributed by atoms with Crippen LogP contribution in [0.2, 0.25) is 0 Å². The highest BCUT2D eigenvalue weighted by Crippen LogP contribution is 2.18. The van der Waals surface area contributed by atoms with Gasteiger partial charge in [0.1, 0.15) is 6.61 Å². The van der Waals surface area contributed by atoms with Gasteiger partial charge in [0.05, 0.1) is 6.61 Å². The molecule has 0 aliphatic carbocycles. The molecule has 0 atom stereocenters. The molecule has 18 heavy (non-hydrogen) atoms. The maximum Gasteiger partial charge on any atom is 0.165 e. The minimum Gasteiger partial charge on any atom is -0.490 e. The van der Waals surface area contributed by atoms with Gasteiger partial charge in [0.2, 0.25) is 0 Å². The number of aliphatic hydroxyl groups is 1. The molecule has 0 fully saturated rings. The third-order valence-corrected chi connectivity index (χ3v) is 2.25. The number of hydrogen-bond donors (Lipinski definition) is 1. The van der Waals surface area contributed by atoms with Crippen LogP contribution in [0, 0.1) is 17.7 Å². The lowest BCUT2D eigenvalue weighted by molar-refractivity contribution is 0.271. The Balaban J connectivity index is 2.58.